The van der Waals surface area contributed by atoms with Crippen LogP contribution in [-0.2, 0) is 10.0 Å². The Morgan fingerprint density at radius 2 is 1.84 bits per heavy atom. The molecule has 0 spiro atoms. The first-order chi connectivity index (χ1) is 14.7. The first kappa shape index (κ1) is 20.4. The van der Waals surface area contributed by atoms with E-state index >= 15 is 0 Å². The summed E-state index contributed by atoms with van der Waals surface area (Å²) in [5.41, 5.74) is -0.905. The number of carbonyl (C=O) groups is 1. The van der Waals surface area contributed by atoms with Crippen molar-refractivity contribution < 1.29 is 26.4 Å². The van der Waals surface area contributed by atoms with Crippen molar-refractivity contribution in [3.8, 4) is 0 Å². The van der Waals surface area contributed by atoms with Crippen molar-refractivity contribution in [2.45, 2.75) is 4.90 Å². The molecule has 0 atom stereocenters. The van der Waals surface area contributed by atoms with Gasteiger partial charge in [0, 0.05) is 17.8 Å². The molecule has 3 N–H and O–H groups in total. The lowest BCUT2D eigenvalue weighted by molar-refractivity contribution is 0.102. The van der Waals surface area contributed by atoms with Crippen LogP contribution in [0, 0.1) is 17.5 Å². The molecule has 4 aromatic rings. The third-order valence-corrected chi connectivity index (χ3v) is 5.71. The van der Waals surface area contributed by atoms with Gasteiger partial charge in [0.25, 0.3) is 15.9 Å². The third kappa shape index (κ3) is 4.08. The largest absolute Gasteiger partial charge is 0.346 e. The third-order valence-electron chi connectivity index (χ3n) is 4.34. The smallest absolute Gasteiger partial charge is 0.262 e. The van der Waals surface area contributed by atoms with E-state index < -0.39 is 49.7 Å². The first-order valence-corrected chi connectivity index (χ1v) is 10.2. The Kier molecular flexibility index (Phi) is 5.11. The highest BCUT2D eigenvalue weighted by molar-refractivity contribution is 7.92. The number of fused-ring (bicyclic) bond motifs is 1. The molecule has 158 valence electrons. The zero-order valence-corrected chi connectivity index (χ0v) is 16.3. The maximum Gasteiger partial charge on any atom is 0.262 e. The van der Waals surface area contributed by atoms with Gasteiger partial charge in [0.1, 0.15) is 23.0 Å². The Morgan fingerprint density at radius 3 is 2.61 bits per heavy atom. The number of hydrogen-bond acceptors (Lipinski definition) is 4. The minimum absolute atomic E-state index is 0.0386. The monoisotopic (exact) mass is 446 g/mol. The minimum atomic E-state index is -4.37. The molecule has 7 nitrogen and oxygen atoms in total. The predicted molar refractivity (Wildman–Crippen MR) is 108 cm³/mol. The van der Waals surface area contributed by atoms with Gasteiger partial charge in [0.15, 0.2) is 5.82 Å². The number of nitrogens with zero attached hydrogens (tertiary/aromatic N) is 1. The van der Waals surface area contributed by atoms with Crippen molar-refractivity contribution in [2.75, 3.05) is 10.0 Å². The molecule has 1 amide bonds. The summed E-state index contributed by atoms with van der Waals surface area (Å²) in [7, 11) is -4.37. The predicted octanol–water partition coefficient (Wildman–Crippen LogP) is 4.03. The van der Waals surface area contributed by atoms with Gasteiger partial charge in [-0.05, 0) is 42.5 Å². The second-order valence-electron chi connectivity index (χ2n) is 6.44. The van der Waals surface area contributed by atoms with Crippen LogP contribution in [0.3, 0.4) is 0 Å². The summed E-state index contributed by atoms with van der Waals surface area (Å²) in [5, 5.41) is 2.71. The minimum Gasteiger partial charge on any atom is -0.346 e. The summed E-state index contributed by atoms with van der Waals surface area (Å²) >= 11 is 0. The number of nitrogens with one attached hydrogen (secondary N) is 3. The molecule has 0 radical (unpaired) electrons. The number of anilines is 2. The van der Waals surface area contributed by atoms with Crippen molar-refractivity contribution in [1.82, 2.24) is 9.97 Å². The van der Waals surface area contributed by atoms with Crippen LogP contribution in [0.1, 0.15) is 10.4 Å². The van der Waals surface area contributed by atoms with E-state index in [9.17, 15) is 26.4 Å². The van der Waals surface area contributed by atoms with E-state index in [1.165, 1.54) is 18.3 Å². The molecule has 0 unspecified atom stereocenters. The fraction of sp³-hybridized carbons (Fsp3) is 0. The van der Waals surface area contributed by atoms with Gasteiger partial charge in [-0.2, -0.15) is 0 Å². The van der Waals surface area contributed by atoms with Gasteiger partial charge >= 0.3 is 0 Å². The number of carbonyl (C=O) groups excluding carboxylic acids is 1. The zero-order chi connectivity index (χ0) is 22.2. The van der Waals surface area contributed by atoms with Gasteiger partial charge < -0.3 is 10.3 Å². The Hall–Kier alpha value is -3.86. The number of hydrogen-bond donors (Lipinski definition) is 3. The van der Waals surface area contributed by atoms with E-state index in [0.717, 1.165) is 30.3 Å². The highest BCUT2D eigenvalue weighted by atomic mass is 32.2. The number of amides is 1. The second-order valence-corrected chi connectivity index (χ2v) is 8.12. The molecule has 31 heavy (non-hydrogen) atoms. The molecular weight excluding hydrogens is 433 g/mol. The molecular formula is C20H13F3N4O3S. The fourth-order valence-electron chi connectivity index (χ4n) is 2.83. The molecule has 0 saturated heterocycles. The van der Waals surface area contributed by atoms with E-state index in [2.05, 4.69) is 15.3 Å². The number of sulfonamides is 1. The summed E-state index contributed by atoms with van der Waals surface area (Å²) in [6, 6.07) is 8.86. The second kappa shape index (κ2) is 7.76. The highest BCUT2D eigenvalue weighted by Crippen LogP contribution is 2.28. The molecule has 2 heterocycles. The molecule has 0 aliphatic carbocycles. The zero-order valence-electron chi connectivity index (χ0n) is 15.5. The Balaban J connectivity index is 1.63. The molecule has 4 rings (SSSR count). The van der Waals surface area contributed by atoms with Crippen LogP contribution in [0.4, 0.5) is 24.5 Å². The van der Waals surface area contributed by atoms with Gasteiger partial charge in [-0.15, -0.1) is 0 Å². The molecule has 0 fully saturated rings. The number of aromatic nitrogens is 2. The summed E-state index contributed by atoms with van der Waals surface area (Å²) < 4.78 is 69.2. The molecule has 2 aromatic carbocycles. The van der Waals surface area contributed by atoms with Crippen molar-refractivity contribution in [2.24, 2.45) is 0 Å². The van der Waals surface area contributed by atoms with Crippen LogP contribution in [0.5, 0.6) is 0 Å². The van der Waals surface area contributed by atoms with Crippen molar-refractivity contribution in [1.29, 1.82) is 0 Å². The summed E-state index contributed by atoms with van der Waals surface area (Å²) in [6.45, 7) is 0. The van der Waals surface area contributed by atoms with E-state index in [1.807, 2.05) is 4.72 Å². The summed E-state index contributed by atoms with van der Waals surface area (Å²) in [5.74, 6) is -4.11. The molecule has 2 aromatic heterocycles. The lowest BCUT2D eigenvalue weighted by Crippen LogP contribution is -2.18. The lowest BCUT2D eigenvalue weighted by Gasteiger charge is -2.13. The van der Waals surface area contributed by atoms with E-state index in [0.29, 0.717) is 11.0 Å². The summed E-state index contributed by atoms with van der Waals surface area (Å²) in [6.07, 6.45) is 2.84. The van der Waals surface area contributed by atoms with Crippen LogP contribution in [-0.4, -0.2) is 24.3 Å². The van der Waals surface area contributed by atoms with Gasteiger partial charge in [-0.1, -0.05) is 6.07 Å². The standard InChI is InChI=1S/C20H13F3N4O3S/c21-13-2-1-3-14(9-13)31(29,30)27-16-5-4-15(22)18(17(16)23)26-20(28)12-8-11-6-7-24-19(11)25-10-12/h1-10,27H,(H,24,25)(H,26,28). The number of H-pyrrole nitrogens is 1. The number of rotatable bonds is 5. The Labute approximate surface area is 174 Å². The molecule has 0 saturated carbocycles. The van der Waals surface area contributed by atoms with Crippen LogP contribution in [0.15, 0.2) is 65.8 Å². The Bertz CT molecular complexity index is 1420. The van der Waals surface area contributed by atoms with Gasteiger partial charge in [0.2, 0.25) is 0 Å². The topological polar surface area (TPSA) is 104 Å². The van der Waals surface area contributed by atoms with E-state index in [4.69, 9.17) is 0 Å². The number of halogens is 3. The lowest BCUT2D eigenvalue weighted by atomic mass is 10.2. The quantitative estimate of drug-likeness (QED) is 0.431. The maximum absolute atomic E-state index is 14.9. The van der Waals surface area contributed by atoms with Crippen molar-refractivity contribution in [3.63, 3.8) is 0 Å². The Morgan fingerprint density at radius 1 is 1.03 bits per heavy atom. The van der Waals surface area contributed by atoms with Gasteiger partial charge in [-0.25, -0.2) is 26.6 Å². The normalized spacial score (nSPS) is 11.5. The van der Waals surface area contributed by atoms with E-state index in [-0.39, 0.29) is 5.56 Å². The number of pyridine rings is 1. The average molecular weight is 446 g/mol. The van der Waals surface area contributed by atoms with Crippen LogP contribution >= 0.6 is 0 Å². The highest BCUT2D eigenvalue weighted by Gasteiger charge is 2.22. The SMILES string of the molecule is O=C(Nc1c(F)ccc(NS(=O)(=O)c2cccc(F)c2)c1F)c1cnc2[nH]ccc2c1. The van der Waals surface area contributed by atoms with Crippen molar-refractivity contribution in [3.05, 3.63) is 83.9 Å². The molecule has 0 aliphatic rings. The van der Waals surface area contributed by atoms with Gasteiger partial charge in [-0.3, -0.25) is 9.52 Å². The molecule has 0 aliphatic heterocycles. The maximum atomic E-state index is 14.9. The average Bonchev–Trinajstić information content (AvgIpc) is 3.21. The van der Waals surface area contributed by atoms with Crippen LogP contribution in [0.25, 0.3) is 11.0 Å². The summed E-state index contributed by atoms with van der Waals surface area (Å²) in [4.78, 5) is 18.9. The van der Waals surface area contributed by atoms with E-state index in [1.54, 1.807) is 12.3 Å². The number of aromatic amines is 1. The fourth-order valence-corrected chi connectivity index (χ4v) is 3.92. The van der Waals surface area contributed by atoms with Crippen LogP contribution in [0.2, 0.25) is 0 Å². The van der Waals surface area contributed by atoms with Gasteiger partial charge in [0.05, 0.1) is 16.1 Å². The van der Waals surface area contributed by atoms with Crippen molar-refractivity contribution >= 4 is 38.3 Å². The molecule has 11 heteroatoms. The first-order valence-electron chi connectivity index (χ1n) is 8.75. The van der Waals surface area contributed by atoms with Crippen LogP contribution < -0.4 is 10.0 Å². The number of benzene rings is 2. The molecule has 0 bridgehead atoms.